The first-order valence-corrected chi connectivity index (χ1v) is 10.2. The number of rotatable bonds is 5. The summed E-state index contributed by atoms with van der Waals surface area (Å²) in [6, 6.07) is 21.2. The number of halogens is 1. The topological polar surface area (TPSA) is 87.8 Å². The Morgan fingerprint density at radius 2 is 1.77 bits per heavy atom. The number of benzene rings is 3. The molecule has 0 aliphatic heterocycles. The van der Waals surface area contributed by atoms with Crippen LogP contribution in [-0.2, 0) is 4.79 Å². The molecule has 1 amide bonds. The van der Waals surface area contributed by atoms with E-state index in [1.807, 2.05) is 6.07 Å². The van der Waals surface area contributed by atoms with Crippen molar-refractivity contribution >= 4 is 34.3 Å². The molecule has 0 aliphatic rings. The number of fused-ring (bicyclic) bond motifs is 1. The minimum atomic E-state index is -0.564. The Hall–Kier alpha value is -3.96. The fraction of sp³-hybridized carbons (Fsp3) is 0.0435. The fourth-order valence-corrected chi connectivity index (χ4v) is 3.82. The Morgan fingerprint density at radius 3 is 2.52 bits per heavy atom. The molecule has 0 bridgehead atoms. The van der Waals surface area contributed by atoms with Crippen molar-refractivity contribution in [3.05, 3.63) is 94.5 Å². The molecule has 1 aromatic heterocycles. The molecule has 0 radical (unpaired) electrons. The zero-order valence-electron chi connectivity index (χ0n) is 16.1. The van der Waals surface area contributed by atoms with Gasteiger partial charge in [-0.25, -0.2) is 9.37 Å². The van der Waals surface area contributed by atoms with Crippen LogP contribution in [0.4, 0.5) is 10.1 Å². The van der Waals surface area contributed by atoms with Gasteiger partial charge in [-0.15, -0.1) is 0 Å². The van der Waals surface area contributed by atoms with Crippen LogP contribution in [0.2, 0.25) is 0 Å². The van der Waals surface area contributed by atoms with Crippen LogP contribution in [0.25, 0.3) is 16.6 Å². The molecule has 8 heteroatoms. The zero-order chi connectivity index (χ0) is 21.8. The van der Waals surface area contributed by atoms with Gasteiger partial charge in [-0.2, -0.15) is 5.26 Å². The Kier molecular flexibility index (Phi) is 5.78. The molecule has 0 spiro atoms. The molecule has 6 nitrogen and oxygen atoms in total. The summed E-state index contributed by atoms with van der Waals surface area (Å²) in [6.45, 7) is 0. The molecule has 3 aromatic carbocycles. The van der Waals surface area contributed by atoms with Crippen molar-refractivity contribution in [2.75, 3.05) is 11.1 Å². The van der Waals surface area contributed by atoms with Gasteiger partial charge < -0.3 is 5.32 Å². The minimum Gasteiger partial charge on any atom is -0.325 e. The Balaban J connectivity index is 1.65. The van der Waals surface area contributed by atoms with Crippen LogP contribution in [-0.4, -0.2) is 21.2 Å². The smallest absolute Gasteiger partial charge is 0.266 e. The number of para-hydroxylation sites is 2. The quantitative estimate of drug-likeness (QED) is 0.380. The summed E-state index contributed by atoms with van der Waals surface area (Å²) >= 11 is 1.04. The number of hydrogen-bond donors (Lipinski definition) is 1. The zero-order valence-corrected chi connectivity index (χ0v) is 16.9. The summed E-state index contributed by atoms with van der Waals surface area (Å²) in [4.78, 5) is 30.0. The third kappa shape index (κ3) is 4.32. The summed E-state index contributed by atoms with van der Waals surface area (Å²) < 4.78 is 15.7. The lowest BCUT2D eigenvalue weighted by molar-refractivity contribution is -0.113. The van der Waals surface area contributed by atoms with Crippen molar-refractivity contribution < 1.29 is 9.18 Å². The van der Waals surface area contributed by atoms with Crippen LogP contribution in [0.5, 0.6) is 0 Å². The first-order chi connectivity index (χ1) is 15.1. The van der Waals surface area contributed by atoms with E-state index in [9.17, 15) is 14.0 Å². The number of nitrogens with one attached hydrogen (secondary N) is 1. The minimum absolute atomic E-state index is 0.0424. The highest BCUT2D eigenvalue weighted by molar-refractivity contribution is 7.99. The predicted octanol–water partition coefficient (Wildman–Crippen LogP) is 4.13. The summed E-state index contributed by atoms with van der Waals surface area (Å²) in [5, 5.41) is 12.2. The third-order valence-electron chi connectivity index (χ3n) is 4.47. The number of nitrogens with zero attached hydrogens (tertiary/aromatic N) is 3. The summed E-state index contributed by atoms with van der Waals surface area (Å²) in [5.41, 5.74) is 1.16. The molecule has 31 heavy (non-hydrogen) atoms. The first-order valence-electron chi connectivity index (χ1n) is 9.26. The van der Waals surface area contributed by atoms with Crippen LogP contribution in [0.15, 0.2) is 82.7 Å². The average Bonchev–Trinajstić information content (AvgIpc) is 2.79. The molecule has 1 heterocycles. The van der Waals surface area contributed by atoms with Gasteiger partial charge in [-0.1, -0.05) is 36.0 Å². The number of anilines is 1. The highest BCUT2D eigenvalue weighted by Crippen LogP contribution is 2.23. The van der Waals surface area contributed by atoms with Crippen molar-refractivity contribution in [3.63, 3.8) is 0 Å². The summed E-state index contributed by atoms with van der Waals surface area (Å²) in [6.07, 6.45) is 0. The molecule has 0 fully saturated rings. The fourth-order valence-electron chi connectivity index (χ4n) is 3.01. The van der Waals surface area contributed by atoms with Gasteiger partial charge in [0.15, 0.2) is 5.16 Å². The Morgan fingerprint density at radius 1 is 1.06 bits per heavy atom. The molecule has 152 valence electrons. The third-order valence-corrected chi connectivity index (χ3v) is 5.41. The van der Waals surface area contributed by atoms with Gasteiger partial charge >= 0.3 is 0 Å². The van der Waals surface area contributed by atoms with Crippen molar-refractivity contribution in [1.82, 2.24) is 9.55 Å². The van der Waals surface area contributed by atoms with Gasteiger partial charge in [-0.05, 0) is 48.5 Å². The van der Waals surface area contributed by atoms with Gasteiger partial charge in [0.1, 0.15) is 5.82 Å². The molecule has 0 saturated heterocycles. The molecule has 4 aromatic rings. The second-order valence-corrected chi connectivity index (χ2v) is 7.47. The average molecular weight is 430 g/mol. The van der Waals surface area contributed by atoms with Gasteiger partial charge in [0.05, 0.1) is 34.0 Å². The maximum atomic E-state index is 14.5. The lowest BCUT2D eigenvalue weighted by Gasteiger charge is -2.14. The number of hydrogen-bond acceptors (Lipinski definition) is 5. The van der Waals surface area contributed by atoms with Crippen LogP contribution in [0.1, 0.15) is 5.56 Å². The molecular weight excluding hydrogens is 415 g/mol. The maximum absolute atomic E-state index is 14.5. The molecule has 0 atom stereocenters. The van der Waals surface area contributed by atoms with E-state index < -0.39 is 11.4 Å². The van der Waals surface area contributed by atoms with Gasteiger partial charge in [-0.3, -0.25) is 14.2 Å². The van der Waals surface area contributed by atoms with Gasteiger partial charge in [0.2, 0.25) is 5.91 Å². The number of amides is 1. The van der Waals surface area contributed by atoms with Gasteiger partial charge in [0.25, 0.3) is 5.56 Å². The first kappa shape index (κ1) is 20.3. The second-order valence-electron chi connectivity index (χ2n) is 6.53. The SMILES string of the molecule is N#Cc1ccc(NC(=O)CSc2nc3ccccc3c(=O)n2-c2ccccc2F)cc1. The number of carbonyl (C=O) groups is 1. The predicted molar refractivity (Wildman–Crippen MR) is 118 cm³/mol. The standard InChI is InChI=1S/C23H15FN4O2S/c24-18-6-2-4-8-20(18)28-22(30)17-5-1-3-7-19(17)27-23(28)31-14-21(29)26-16-11-9-15(13-25)10-12-16/h1-12H,14H2,(H,26,29). The van der Waals surface area contributed by atoms with Crippen LogP contribution >= 0.6 is 11.8 Å². The second kappa shape index (κ2) is 8.81. The van der Waals surface area contributed by atoms with Gasteiger partial charge in [0, 0.05) is 5.69 Å². The normalized spacial score (nSPS) is 10.6. The number of aromatic nitrogens is 2. The Labute approximate surface area is 181 Å². The molecule has 1 N–H and O–H groups in total. The highest BCUT2D eigenvalue weighted by Gasteiger charge is 2.17. The summed E-state index contributed by atoms with van der Waals surface area (Å²) in [5.74, 6) is -0.929. The van der Waals surface area contributed by atoms with E-state index in [0.29, 0.717) is 22.2 Å². The van der Waals surface area contributed by atoms with E-state index in [4.69, 9.17) is 5.26 Å². The lowest BCUT2D eigenvalue weighted by atomic mass is 10.2. The maximum Gasteiger partial charge on any atom is 0.266 e. The molecule has 0 saturated carbocycles. The van der Waals surface area contributed by atoms with E-state index in [1.165, 1.54) is 22.8 Å². The number of nitriles is 1. The Bertz CT molecular complexity index is 1380. The number of thioether (sulfide) groups is 1. The van der Waals surface area contributed by atoms with Crippen LogP contribution in [0, 0.1) is 17.1 Å². The van der Waals surface area contributed by atoms with Crippen molar-refractivity contribution in [2.45, 2.75) is 5.16 Å². The highest BCUT2D eigenvalue weighted by atomic mass is 32.2. The van der Waals surface area contributed by atoms with Crippen molar-refractivity contribution in [1.29, 1.82) is 5.26 Å². The largest absolute Gasteiger partial charge is 0.325 e. The number of carbonyl (C=O) groups excluding carboxylic acids is 1. The van der Waals surface area contributed by atoms with E-state index in [-0.39, 0.29) is 22.5 Å². The monoisotopic (exact) mass is 430 g/mol. The summed E-state index contributed by atoms with van der Waals surface area (Å²) in [7, 11) is 0. The van der Waals surface area contributed by atoms with Crippen molar-refractivity contribution in [2.24, 2.45) is 0 Å². The molecule has 0 aliphatic carbocycles. The lowest BCUT2D eigenvalue weighted by Crippen LogP contribution is -2.23. The van der Waals surface area contributed by atoms with E-state index in [1.54, 1.807) is 54.6 Å². The van der Waals surface area contributed by atoms with Crippen LogP contribution < -0.4 is 10.9 Å². The van der Waals surface area contributed by atoms with Crippen LogP contribution in [0.3, 0.4) is 0 Å². The van der Waals surface area contributed by atoms with E-state index in [0.717, 1.165) is 11.8 Å². The van der Waals surface area contributed by atoms with Crippen molar-refractivity contribution in [3.8, 4) is 11.8 Å². The molecule has 0 unspecified atom stereocenters. The van der Waals surface area contributed by atoms with E-state index in [2.05, 4.69) is 10.3 Å². The molecule has 4 rings (SSSR count). The van der Waals surface area contributed by atoms with E-state index >= 15 is 0 Å². The molecular formula is C23H15FN4O2S.